The van der Waals surface area contributed by atoms with Gasteiger partial charge in [0.1, 0.15) is 5.75 Å². The van der Waals surface area contributed by atoms with Gasteiger partial charge in [-0.2, -0.15) is 0 Å². The number of nitrogens with zero attached hydrogens (tertiary/aromatic N) is 1. The number of fused-ring (bicyclic) bond motifs is 1. The first-order valence-electron chi connectivity index (χ1n) is 9.10. The minimum atomic E-state index is -0.127. The molecular formula is C21H27N3O2. The smallest absolute Gasteiger partial charge is 0.315 e. The average molecular weight is 353 g/mol. The summed E-state index contributed by atoms with van der Waals surface area (Å²) >= 11 is 0. The Hall–Kier alpha value is -2.53. The Balaban J connectivity index is 1.47. The fraction of sp³-hybridized carbons (Fsp3) is 0.381. The Labute approximate surface area is 155 Å². The third-order valence-electron chi connectivity index (χ3n) is 4.95. The summed E-state index contributed by atoms with van der Waals surface area (Å²) in [6.07, 6.45) is 1.68. The second-order valence-electron chi connectivity index (χ2n) is 7.17. The lowest BCUT2D eigenvalue weighted by Gasteiger charge is -2.34. The highest BCUT2D eigenvalue weighted by Crippen LogP contribution is 2.25. The van der Waals surface area contributed by atoms with E-state index in [0.29, 0.717) is 12.3 Å². The number of rotatable bonds is 5. The molecule has 0 bridgehead atoms. The standard InChI is InChI=1S/C21H27N3O2/c1-15(10-16-6-4-3-5-7-16)23-21(26)22-13-19-11-17-8-9-20(25)12-18(17)14-24(19)2/h3-9,12,15,19,25H,10-11,13-14H2,1-2H3,(H2,22,23,26)/t15-,19+/m1/s1. The van der Waals surface area contributed by atoms with E-state index in [1.165, 1.54) is 11.1 Å². The highest BCUT2D eigenvalue weighted by atomic mass is 16.3. The molecule has 2 amide bonds. The third kappa shape index (κ3) is 4.76. The van der Waals surface area contributed by atoms with Crippen LogP contribution in [0, 0.1) is 0 Å². The maximum atomic E-state index is 12.2. The van der Waals surface area contributed by atoms with Crippen LogP contribution in [0.4, 0.5) is 4.79 Å². The van der Waals surface area contributed by atoms with Crippen molar-refractivity contribution in [3.63, 3.8) is 0 Å². The van der Waals surface area contributed by atoms with E-state index in [2.05, 4.69) is 34.7 Å². The maximum Gasteiger partial charge on any atom is 0.315 e. The predicted octanol–water partition coefficient (Wildman–Crippen LogP) is 2.68. The topological polar surface area (TPSA) is 64.6 Å². The molecule has 0 radical (unpaired) electrons. The fourth-order valence-corrected chi connectivity index (χ4v) is 3.50. The Morgan fingerprint density at radius 3 is 2.77 bits per heavy atom. The van der Waals surface area contributed by atoms with Gasteiger partial charge in [-0.15, -0.1) is 0 Å². The van der Waals surface area contributed by atoms with E-state index < -0.39 is 0 Å². The molecule has 26 heavy (non-hydrogen) atoms. The van der Waals surface area contributed by atoms with E-state index >= 15 is 0 Å². The van der Waals surface area contributed by atoms with Crippen molar-refractivity contribution in [3.8, 4) is 5.75 Å². The molecule has 1 aliphatic rings. The van der Waals surface area contributed by atoms with Gasteiger partial charge in [0.05, 0.1) is 0 Å². The van der Waals surface area contributed by atoms with E-state index in [0.717, 1.165) is 24.9 Å². The number of carbonyl (C=O) groups excluding carboxylic acids is 1. The number of likely N-dealkylation sites (N-methyl/N-ethyl adjacent to an activating group) is 1. The molecule has 0 saturated carbocycles. The molecule has 2 aromatic rings. The van der Waals surface area contributed by atoms with Crippen LogP contribution in [0.15, 0.2) is 48.5 Å². The summed E-state index contributed by atoms with van der Waals surface area (Å²) in [5, 5.41) is 15.6. The molecule has 0 aromatic heterocycles. The minimum absolute atomic E-state index is 0.0742. The molecule has 3 rings (SSSR count). The first-order valence-corrected chi connectivity index (χ1v) is 9.10. The fourth-order valence-electron chi connectivity index (χ4n) is 3.50. The molecule has 3 N–H and O–H groups in total. The molecule has 0 fully saturated rings. The van der Waals surface area contributed by atoms with Crippen molar-refractivity contribution in [3.05, 3.63) is 65.2 Å². The normalized spacial score (nSPS) is 18.0. The largest absolute Gasteiger partial charge is 0.508 e. The Morgan fingerprint density at radius 2 is 2.00 bits per heavy atom. The number of hydrogen-bond acceptors (Lipinski definition) is 3. The van der Waals surface area contributed by atoms with Gasteiger partial charge in [0.15, 0.2) is 0 Å². The van der Waals surface area contributed by atoms with Crippen molar-refractivity contribution in [1.82, 2.24) is 15.5 Å². The molecule has 2 aromatic carbocycles. The van der Waals surface area contributed by atoms with Crippen molar-refractivity contribution in [2.45, 2.75) is 38.4 Å². The van der Waals surface area contributed by atoms with Crippen molar-refractivity contribution in [2.24, 2.45) is 0 Å². The van der Waals surface area contributed by atoms with E-state index in [-0.39, 0.29) is 18.1 Å². The quantitative estimate of drug-likeness (QED) is 0.774. The highest BCUT2D eigenvalue weighted by molar-refractivity contribution is 5.74. The summed E-state index contributed by atoms with van der Waals surface area (Å²) in [7, 11) is 2.05. The van der Waals surface area contributed by atoms with Gasteiger partial charge in [0.2, 0.25) is 0 Å². The van der Waals surface area contributed by atoms with E-state index in [9.17, 15) is 9.90 Å². The number of nitrogens with one attached hydrogen (secondary N) is 2. The van der Waals surface area contributed by atoms with Crippen LogP contribution < -0.4 is 10.6 Å². The van der Waals surface area contributed by atoms with Crippen LogP contribution in [0.5, 0.6) is 5.75 Å². The Kier molecular flexibility index (Phi) is 5.78. The first-order chi connectivity index (χ1) is 12.5. The van der Waals surface area contributed by atoms with Gasteiger partial charge in [-0.1, -0.05) is 36.4 Å². The van der Waals surface area contributed by atoms with Gasteiger partial charge >= 0.3 is 6.03 Å². The molecule has 0 aliphatic carbocycles. The molecule has 0 spiro atoms. The van der Waals surface area contributed by atoms with Gasteiger partial charge in [-0.05, 0) is 55.6 Å². The van der Waals surface area contributed by atoms with Crippen molar-refractivity contribution in [1.29, 1.82) is 0 Å². The first kappa shape index (κ1) is 18.3. The molecule has 0 unspecified atom stereocenters. The molecule has 1 aliphatic heterocycles. The number of phenols is 1. The summed E-state index contributed by atoms with van der Waals surface area (Å²) in [6, 6.07) is 15.9. The lowest BCUT2D eigenvalue weighted by molar-refractivity contribution is 0.202. The highest BCUT2D eigenvalue weighted by Gasteiger charge is 2.24. The zero-order chi connectivity index (χ0) is 18.5. The van der Waals surface area contributed by atoms with Gasteiger partial charge < -0.3 is 15.7 Å². The average Bonchev–Trinajstić information content (AvgIpc) is 2.60. The van der Waals surface area contributed by atoms with Gasteiger partial charge in [0, 0.05) is 25.2 Å². The zero-order valence-corrected chi connectivity index (χ0v) is 15.4. The molecule has 2 atom stereocenters. The summed E-state index contributed by atoms with van der Waals surface area (Å²) in [4.78, 5) is 14.4. The van der Waals surface area contributed by atoms with Crippen molar-refractivity contribution < 1.29 is 9.90 Å². The molecule has 5 nitrogen and oxygen atoms in total. The molecule has 1 heterocycles. The Bertz CT molecular complexity index is 748. The summed E-state index contributed by atoms with van der Waals surface area (Å²) < 4.78 is 0. The van der Waals surface area contributed by atoms with Crippen LogP contribution in [0.1, 0.15) is 23.6 Å². The van der Waals surface area contributed by atoms with Crippen molar-refractivity contribution >= 4 is 6.03 Å². The molecule has 5 heteroatoms. The zero-order valence-electron chi connectivity index (χ0n) is 15.4. The Morgan fingerprint density at radius 1 is 1.23 bits per heavy atom. The summed E-state index contributed by atoms with van der Waals surface area (Å²) in [6.45, 7) is 3.39. The van der Waals surface area contributed by atoms with Crippen molar-refractivity contribution in [2.75, 3.05) is 13.6 Å². The monoisotopic (exact) mass is 353 g/mol. The van der Waals surface area contributed by atoms with Crippen LogP contribution in [0.3, 0.4) is 0 Å². The maximum absolute atomic E-state index is 12.2. The number of aromatic hydroxyl groups is 1. The number of carbonyl (C=O) groups is 1. The lowest BCUT2D eigenvalue weighted by Crippen LogP contribution is -2.49. The summed E-state index contributed by atoms with van der Waals surface area (Å²) in [5.74, 6) is 0.306. The number of hydrogen-bond donors (Lipinski definition) is 3. The summed E-state index contributed by atoms with van der Waals surface area (Å²) in [5.41, 5.74) is 3.61. The second kappa shape index (κ2) is 8.23. The van der Waals surface area contributed by atoms with E-state index in [4.69, 9.17) is 0 Å². The SMILES string of the molecule is C[C@H](Cc1ccccc1)NC(=O)NC[C@@H]1Cc2ccc(O)cc2CN1C. The van der Waals surface area contributed by atoms with Crippen LogP contribution in [-0.4, -0.2) is 41.7 Å². The number of phenolic OH excluding ortho intramolecular Hbond substituents is 1. The van der Waals surface area contributed by atoms with E-state index in [1.54, 1.807) is 6.07 Å². The molecule has 0 saturated heterocycles. The molecular weight excluding hydrogens is 326 g/mol. The number of benzene rings is 2. The van der Waals surface area contributed by atoms with Gasteiger partial charge in [-0.3, -0.25) is 4.90 Å². The second-order valence-corrected chi connectivity index (χ2v) is 7.17. The van der Waals surface area contributed by atoms with E-state index in [1.807, 2.05) is 37.3 Å². The minimum Gasteiger partial charge on any atom is -0.508 e. The van der Waals surface area contributed by atoms with Crippen LogP contribution in [-0.2, 0) is 19.4 Å². The van der Waals surface area contributed by atoms with Crippen LogP contribution in [0.25, 0.3) is 0 Å². The van der Waals surface area contributed by atoms with Crippen LogP contribution >= 0.6 is 0 Å². The number of urea groups is 1. The lowest BCUT2D eigenvalue weighted by atomic mass is 9.94. The predicted molar refractivity (Wildman–Crippen MR) is 103 cm³/mol. The molecule has 138 valence electrons. The van der Waals surface area contributed by atoms with Crippen LogP contribution in [0.2, 0.25) is 0 Å². The van der Waals surface area contributed by atoms with Gasteiger partial charge in [-0.25, -0.2) is 4.79 Å². The number of amides is 2. The third-order valence-corrected chi connectivity index (χ3v) is 4.95. The van der Waals surface area contributed by atoms with Gasteiger partial charge in [0.25, 0.3) is 0 Å².